The lowest BCUT2D eigenvalue weighted by molar-refractivity contribution is -0.114. The van der Waals surface area contributed by atoms with Crippen LogP contribution in [0.3, 0.4) is 0 Å². The third-order valence-corrected chi connectivity index (χ3v) is 4.05. The van der Waals surface area contributed by atoms with Crippen LogP contribution in [0.25, 0.3) is 0 Å². The fourth-order valence-corrected chi connectivity index (χ4v) is 3.35. The van der Waals surface area contributed by atoms with Gasteiger partial charge in [-0.2, -0.15) is 0 Å². The second kappa shape index (κ2) is 4.75. The first-order chi connectivity index (χ1) is 7.31. The molecule has 2 unspecified atom stereocenters. The van der Waals surface area contributed by atoms with E-state index in [4.69, 9.17) is 0 Å². The van der Waals surface area contributed by atoms with E-state index in [1.54, 1.807) is 0 Å². The predicted octanol–water partition coefficient (Wildman–Crippen LogP) is 1.93. The summed E-state index contributed by atoms with van der Waals surface area (Å²) in [6.45, 7) is 2.09. The van der Waals surface area contributed by atoms with Gasteiger partial charge >= 0.3 is 0 Å². The standard InChI is InChI=1S/C11H14N2OS/c1-2-10-9(6-15-11(10)14)3-8-4-12-7-13-5-8/h4-5,7,9-10H,2-3,6H2,1H3. The van der Waals surface area contributed by atoms with Crippen molar-refractivity contribution in [3.63, 3.8) is 0 Å². The van der Waals surface area contributed by atoms with Crippen molar-refractivity contribution < 1.29 is 4.79 Å². The summed E-state index contributed by atoms with van der Waals surface area (Å²) in [4.78, 5) is 19.5. The zero-order valence-corrected chi connectivity index (χ0v) is 9.54. The monoisotopic (exact) mass is 222 g/mol. The van der Waals surface area contributed by atoms with Crippen LogP contribution in [0.2, 0.25) is 0 Å². The fraction of sp³-hybridized carbons (Fsp3) is 0.545. The van der Waals surface area contributed by atoms with Crippen LogP contribution in [0.1, 0.15) is 18.9 Å². The van der Waals surface area contributed by atoms with Crippen molar-refractivity contribution >= 4 is 16.9 Å². The Morgan fingerprint density at radius 3 is 2.87 bits per heavy atom. The highest BCUT2D eigenvalue weighted by Crippen LogP contribution is 2.35. The van der Waals surface area contributed by atoms with Gasteiger partial charge in [-0.25, -0.2) is 9.97 Å². The van der Waals surface area contributed by atoms with E-state index in [1.165, 1.54) is 18.1 Å². The minimum Gasteiger partial charge on any atom is -0.287 e. The van der Waals surface area contributed by atoms with Crippen molar-refractivity contribution in [2.45, 2.75) is 19.8 Å². The smallest absolute Gasteiger partial charge is 0.192 e. The highest BCUT2D eigenvalue weighted by Gasteiger charge is 2.33. The van der Waals surface area contributed by atoms with Gasteiger partial charge in [0.25, 0.3) is 0 Å². The van der Waals surface area contributed by atoms with Crippen LogP contribution in [0.4, 0.5) is 0 Å². The molecule has 2 heterocycles. The Morgan fingerprint density at radius 2 is 2.20 bits per heavy atom. The molecule has 2 atom stereocenters. The van der Waals surface area contributed by atoms with Gasteiger partial charge in [0.1, 0.15) is 6.33 Å². The molecule has 15 heavy (non-hydrogen) atoms. The van der Waals surface area contributed by atoms with Gasteiger partial charge in [0.2, 0.25) is 0 Å². The average molecular weight is 222 g/mol. The van der Waals surface area contributed by atoms with E-state index in [-0.39, 0.29) is 5.92 Å². The van der Waals surface area contributed by atoms with Gasteiger partial charge in [-0.15, -0.1) is 0 Å². The first-order valence-corrected chi connectivity index (χ1v) is 6.20. The summed E-state index contributed by atoms with van der Waals surface area (Å²) in [6, 6.07) is 0. The van der Waals surface area contributed by atoms with Crippen LogP contribution in [0, 0.1) is 11.8 Å². The van der Waals surface area contributed by atoms with Crippen LogP contribution in [0.15, 0.2) is 18.7 Å². The van der Waals surface area contributed by atoms with E-state index >= 15 is 0 Å². The van der Waals surface area contributed by atoms with Crippen LogP contribution in [0.5, 0.6) is 0 Å². The molecule has 0 saturated carbocycles. The molecule has 0 radical (unpaired) electrons. The summed E-state index contributed by atoms with van der Waals surface area (Å²) in [5.41, 5.74) is 1.14. The van der Waals surface area contributed by atoms with Crippen LogP contribution >= 0.6 is 11.8 Å². The number of carbonyl (C=O) groups is 1. The number of hydrogen-bond donors (Lipinski definition) is 0. The molecule has 0 aliphatic carbocycles. The summed E-state index contributed by atoms with van der Waals surface area (Å²) >= 11 is 1.48. The molecular formula is C11H14N2OS. The number of hydrogen-bond acceptors (Lipinski definition) is 4. The van der Waals surface area contributed by atoms with Crippen molar-refractivity contribution in [2.75, 3.05) is 5.75 Å². The molecule has 1 fully saturated rings. The molecule has 3 nitrogen and oxygen atoms in total. The number of carbonyl (C=O) groups excluding carboxylic acids is 1. The summed E-state index contributed by atoms with van der Waals surface area (Å²) in [5.74, 6) is 1.65. The highest BCUT2D eigenvalue weighted by atomic mass is 32.2. The lowest BCUT2D eigenvalue weighted by Gasteiger charge is -2.14. The van der Waals surface area contributed by atoms with Gasteiger partial charge in [-0.05, 0) is 24.3 Å². The highest BCUT2D eigenvalue weighted by molar-refractivity contribution is 8.14. The zero-order chi connectivity index (χ0) is 10.7. The van der Waals surface area contributed by atoms with Gasteiger partial charge in [0.05, 0.1) is 0 Å². The molecule has 2 rings (SSSR count). The average Bonchev–Trinajstić information content (AvgIpc) is 2.61. The van der Waals surface area contributed by atoms with E-state index in [0.717, 1.165) is 24.2 Å². The van der Waals surface area contributed by atoms with E-state index in [9.17, 15) is 4.79 Å². The molecule has 80 valence electrons. The van der Waals surface area contributed by atoms with Gasteiger partial charge in [0.15, 0.2) is 5.12 Å². The van der Waals surface area contributed by atoms with Gasteiger partial charge in [0, 0.05) is 24.1 Å². The van der Waals surface area contributed by atoms with Crippen molar-refractivity contribution in [1.82, 2.24) is 9.97 Å². The molecule has 0 spiro atoms. The second-order valence-corrected chi connectivity index (χ2v) is 4.88. The summed E-state index contributed by atoms with van der Waals surface area (Å²) in [5, 5.41) is 0.361. The summed E-state index contributed by atoms with van der Waals surface area (Å²) < 4.78 is 0. The van der Waals surface area contributed by atoms with Crippen LogP contribution in [-0.2, 0) is 11.2 Å². The third kappa shape index (κ3) is 2.37. The van der Waals surface area contributed by atoms with E-state index < -0.39 is 0 Å². The number of rotatable bonds is 3. The van der Waals surface area contributed by atoms with Gasteiger partial charge in [-0.1, -0.05) is 18.7 Å². The van der Waals surface area contributed by atoms with Crippen molar-refractivity contribution in [1.29, 1.82) is 0 Å². The normalized spacial score (nSPS) is 25.8. The van der Waals surface area contributed by atoms with Crippen LogP contribution in [-0.4, -0.2) is 20.8 Å². The second-order valence-electron chi connectivity index (χ2n) is 3.86. The molecular weight excluding hydrogens is 208 g/mol. The van der Waals surface area contributed by atoms with Crippen LogP contribution < -0.4 is 0 Å². The summed E-state index contributed by atoms with van der Waals surface area (Å²) in [6.07, 6.45) is 7.10. The predicted molar refractivity (Wildman–Crippen MR) is 60.5 cm³/mol. The topological polar surface area (TPSA) is 42.9 Å². The van der Waals surface area contributed by atoms with Crippen molar-refractivity contribution in [2.24, 2.45) is 11.8 Å². The maximum absolute atomic E-state index is 11.5. The molecule has 1 aliphatic rings. The minimum atomic E-state index is 0.232. The Bertz CT molecular complexity index is 342. The Hall–Kier alpha value is -0.900. The Morgan fingerprint density at radius 1 is 1.47 bits per heavy atom. The van der Waals surface area contributed by atoms with E-state index in [2.05, 4.69) is 16.9 Å². The SMILES string of the molecule is CCC1C(=O)SCC1Cc1cncnc1. The maximum Gasteiger partial charge on any atom is 0.192 e. The quantitative estimate of drug-likeness (QED) is 0.783. The molecule has 0 aromatic carbocycles. The molecule has 1 saturated heterocycles. The molecule has 1 aliphatic heterocycles. The first-order valence-electron chi connectivity index (χ1n) is 5.21. The van der Waals surface area contributed by atoms with E-state index in [0.29, 0.717) is 11.0 Å². The molecule has 0 amide bonds. The van der Waals surface area contributed by atoms with Gasteiger partial charge < -0.3 is 0 Å². The van der Waals surface area contributed by atoms with Crippen molar-refractivity contribution in [3.8, 4) is 0 Å². The minimum absolute atomic E-state index is 0.232. The Labute approximate surface area is 93.7 Å². The third-order valence-electron chi connectivity index (χ3n) is 2.86. The molecule has 1 aromatic heterocycles. The number of thioether (sulfide) groups is 1. The molecule has 0 bridgehead atoms. The Balaban J connectivity index is 2.04. The number of aromatic nitrogens is 2. The van der Waals surface area contributed by atoms with Crippen molar-refractivity contribution in [3.05, 3.63) is 24.3 Å². The largest absolute Gasteiger partial charge is 0.287 e. The Kier molecular flexibility index (Phi) is 3.36. The zero-order valence-electron chi connectivity index (χ0n) is 8.72. The maximum atomic E-state index is 11.5. The summed E-state index contributed by atoms with van der Waals surface area (Å²) in [7, 11) is 0. The first kappa shape index (κ1) is 10.6. The molecule has 4 heteroatoms. The molecule has 1 aromatic rings. The van der Waals surface area contributed by atoms with E-state index in [1.807, 2.05) is 12.4 Å². The number of nitrogens with zero attached hydrogens (tertiary/aromatic N) is 2. The lowest BCUT2D eigenvalue weighted by atomic mass is 9.88. The fourth-order valence-electron chi connectivity index (χ4n) is 2.04. The molecule has 0 N–H and O–H groups in total. The van der Waals surface area contributed by atoms with Gasteiger partial charge in [-0.3, -0.25) is 4.79 Å². The lowest BCUT2D eigenvalue weighted by Crippen LogP contribution is -2.17.